The second-order valence-corrected chi connectivity index (χ2v) is 15.8. The van der Waals surface area contributed by atoms with Crippen molar-refractivity contribution in [3.05, 3.63) is 47.3 Å². The Balaban J connectivity index is 1.27. The lowest BCUT2D eigenvalue weighted by atomic mass is 9.84. The van der Waals surface area contributed by atoms with Gasteiger partial charge in [0.15, 0.2) is 0 Å². The van der Waals surface area contributed by atoms with Crippen LogP contribution in [0.4, 0.5) is 21.1 Å². The fourth-order valence-electron chi connectivity index (χ4n) is 6.18. The molecule has 1 aliphatic heterocycles. The largest absolute Gasteiger partial charge is 0.491 e. The van der Waals surface area contributed by atoms with E-state index in [1.807, 2.05) is 4.90 Å². The third kappa shape index (κ3) is 12.0. The molecule has 17 nitrogen and oxygen atoms in total. The van der Waals surface area contributed by atoms with Crippen molar-refractivity contribution < 1.29 is 47.4 Å². The predicted octanol–water partition coefficient (Wildman–Crippen LogP) is 6.57. The number of guanidine groups is 1. The number of furan rings is 1. The van der Waals surface area contributed by atoms with Crippen molar-refractivity contribution in [1.29, 1.82) is 0 Å². The van der Waals surface area contributed by atoms with Gasteiger partial charge in [0.05, 0.1) is 5.02 Å². The number of aliphatic imine (C=N–C) groups is 1. The average Bonchev–Trinajstić information content (AvgIpc) is 3.70. The van der Waals surface area contributed by atoms with E-state index >= 15 is 0 Å². The SMILES string of the molecule is CC(C)(C)OC(=O)/N=C(\NOCCOc1ccc2oc(C(=O)Nc3ccc(Cl)cn3)c(NC(=O)C3CCC(N4CCCC4=O)CC3)c2c1)NC(=O)OC(C)(C)C. The number of benzene rings is 1. The summed E-state index contributed by atoms with van der Waals surface area (Å²) in [5.41, 5.74) is 1.23. The molecule has 302 valence electrons. The summed E-state index contributed by atoms with van der Waals surface area (Å²) < 4.78 is 22.3. The van der Waals surface area contributed by atoms with E-state index in [-0.39, 0.29) is 60.2 Å². The molecule has 56 heavy (non-hydrogen) atoms. The van der Waals surface area contributed by atoms with E-state index < -0.39 is 29.3 Å². The number of hydrogen-bond acceptors (Lipinski definition) is 11. The number of ether oxygens (including phenoxy) is 3. The molecule has 0 unspecified atom stereocenters. The second kappa shape index (κ2) is 18.0. The van der Waals surface area contributed by atoms with Crippen LogP contribution in [0, 0.1) is 5.92 Å². The molecule has 0 atom stereocenters. The van der Waals surface area contributed by atoms with Crippen LogP contribution in [0.2, 0.25) is 5.02 Å². The Morgan fingerprint density at radius 1 is 0.964 bits per heavy atom. The van der Waals surface area contributed by atoms with Gasteiger partial charge in [-0.3, -0.25) is 24.5 Å². The van der Waals surface area contributed by atoms with Crippen LogP contribution < -0.4 is 26.2 Å². The molecule has 2 aromatic heterocycles. The molecule has 3 aromatic rings. The summed E-state index contributed by atoms with van der Waals surface area (Å²) >= 11 is 5.96. The molecule has 5 amide bonds. The molecule has 2 fully saturated rings. The minimum absolute atomic E-state index is 0.0253. The van der Waals surface area contributed by atoms with E-state index in [1.165, 1.54) is 12.3 Å². The number of fused-ring (bicyclic) bond motifs is 1. The number of nitrogens with zero attached hydrogens (tertiary/aromatic N) is 3. The molecule has 0 radical (unpaired) electrons. The number of carbonyl (C=O) groups excluding carboxylic acids is 5. The van der Waals surface area contributed by atoms with Crippen molar-refractivity contribution in [3.63, 3.8) is 0 Å². The van der Waals surface area contributed by atoms with Crippen molar-refractivity contribution in [2.45, 2.75) is 97.3 Å². The fraction of sp³-hybridized carbons (Fsp3) is 0.500. The number of hydroxylamine groups is 1. The minimum Gasteiger partial charge on any atom is -0.491 e. The molecule has 1 aliphatic carbocycles. The summed E-state index contributed by atoms with van der Waals surface area (Å²) in [6.07, 6.45) is 3.56. The van der Waals surface area contributed by atoms with Crippen molar-refractivity contribution in [3.8, 4) is 5.75 Å². The van der Waals surface area contributed by atoms with Gasteiger partial charge >= 0.3 is 12.2 Å². The standard InChI is InChI=1S/C38H48ClN7O10/c1-37(2,3)55-35(50)43-34(44-36(51)56-38(4,5)6)45-53-19-18-52-25-14-15-27-26(20-25)30(31(54-27)33(49)41-28-16-11-23(39)21-40-28)42-32(48)22-9-12-24(13-10-22)46-17-7-8-29(46)47/h11,14-16,20-22,24H,7-10,12-13,17-19H2,1-6H3,(H,42,48)(H,40,41,49)(H2,43,44,45,50,51). The normalized spacial score (nSPS) is 17.7. The first kappa shape index (κ1) is 41.7. The highest BCUT2D eigenvalue weighted by atomic mass is 35.5. The van der Waals surface area contributed by atoms with Crippen LogP contribution in [0.5, 0.6) is 5.75 Å². The van der Waals surface area contributed by atoms with Gasteiger partial charge in [-0.25, -0.2) is 20.1 Å². The third-order valence-electron chi connectivity index (χ3n) is 8.54. The van der Waals surface area contributed by atoms with Crippen LogP contribution in [0.15, 0.2) is 45.9 Å². The summed E-state index contributed by atoms with van der Waals surface area (Å²) in [6.45, 7) is 10.7. The minimum atomic E-state index is -0.976. The Morgan fingerprint density at radius 3 is 2.34 bits per heavy atom. The maximum absolute atomic E-state index is 13.7. The molecule has 0 bridgehead atoms. The van der Waals surface area contributed by atoms with Gasteiger partial charge < -0.3 is 34.2 Å². The quantitative estimate of drug-likeness (QED) is 0.0743. The lowest BCUT2D eigenvalue weighted by Gasteiger charge is -2.34. The van der Waals surface area contributed by atoms with Crippen LogP contribution in [0.25, 0.3) is 11.0 Å². The van der Waals surface area contributed by atoms with Crippen LogP contribution in [-0.4, -0.2) is 82.8 Å². The highest BCUT2D eigenvalue weighted by Crippen LogP contribution is 2.36. The van der Waals surface area contributed by atoms with Crippen molar-refractivity contribution in [2.24, 2.45) is 10.9 Å². The molecule has 3 heterocycles. The van der Waals surface area contributed by atoms with Crippen molar-refractivity contribution in [1.82, 2.24) is 20.7 Å². The van der Waals surface area contributed by atoms with E-state index in [2.05, 4.69) is 31.4 Å². The molecule has 0 spiro atoms. The van der Waals surface area contributed by atoms with Gasteiger partial charge in [-0.1, -0.05) is 11.6 Å². The Kier molecular flexibility index (Phi) is 13.4. The maximum atomic E-state index is 13.7. The maximum Gasteiger partial charge on any atom is 0.437 e. The first-order valence-electron chi connectivity index (χ1n) is 18.4. The highest BCUT2D eigenvalue weighted by Gasteiger charge is 2.34. The van der Waals surface area contributed by atoms with Crippen LogP contribution in [0.1, 0.15) is 90.6 Å². The van der Waals surface area contributed by atoms with Gasteiger partial charge in [0.1, 0.15) is 47.3 Å². The monoisotopic (exact) mass is 797 g/mol. The van der Waals surface area contributed by atoms with E-state index in [4.69, 9.17) is 35.1 Å². The predicted molar refractivity (Wildman–Crippen MR) is 206 cm³/mol. The number of alkyl carbamates (subject to hydrolysis) is 1. The van der Waals surface area contributed by atoms with Crippen molar-refractivity contribution >= 4 is 69.9 Å². The Morgan fingerprint density at radius 2 is 1.70 bits per heavy atom. The number of anilines is 2. The molecule has 2 aliphatic rings. The number of amides is 5. The summed E-state index contributed by atoms with van der Waals surface area (Å²) in [6, 6.07) is 8.08. The van der Waals surface area contributed by atoms with Gasteiger partial charge in [-0.2, -0.15) is 0 Å². The van der Waals surface area contributed by atoms with Gasteiger partial charge in [-0.05, 0) is 104 Å². The molecule has 1 saturated heterocycles. The summed E-state index contributed by atoms with van der Waals surface area (Å²) in [4.78, 5) is 79.4. The van der Waals surface area contributed by atoms with Crippen LogP contribution in [-0.2, 0) is 23.9 Å². The number of aromatic nitrogens is 1. The first-order chi connectivity index (χ1) is 26.4. The molecular weight excluding hydrogens is 750 g/mol. The topological polar surface area (TPSA) is 212 Å². The van der Waals surface area contributed by atoms with Crippen LogP contribution >= 0.6 is 11.6 Å². The number of halogens is 1. The summed E-state index contributed by atoms with van der Waals surface area (Å²) in [5.74, 6) is -1.01. The number of hydrogen-bond donors (Lipinski definition) is 4. The number of likely N-dealkylation sites (tertiary alicyclic amines) is 1. The highest BCUT2D eigenvalue weighted by molar-refractivity contribution is 6.30. The molecule has 18 heteroatoms. The Hall–Kier alpha value is -5.42. The second-order valence-electron chi connectivity index (χ2n) is 15.3. The summed E-state index contributed by atoms with van der Waals surface area (Å²) in [7, 11) is 0. The molecule has 5 rings (SSSR count). The van der Waals surface area contributed by atoms with Crippen molar-refractivity contribution in [2.75, 3.05) is 30.4 Å². The van der Waals surface area contributed by atoms with Gasteiger partial charge in [0.2, 0.25) is 23.5 Å². The molecular formula is C38H48ClN7O10. The molecule has 1 saturated carbocycles. The van der Waals surface area contributed by atoms with Gasteiger partial charge in [-0.15, -0.1) is 4.99 Å². The van der Waals surface area contributed by atoms with E-state index in [0.29, 0.717) is 53.8 Å². The van der Waals surface area contributed by atoms with E-state index in [1.54, 1.807) is 65.8 Å². The zero-order valence-corrected chi connectivity index (χ0v) is 33.0. The number of nitrogens with one attached hydrogen (secondary N) is 4. The lowest BCUT2D eigenvalue weighted by Crippen LogP contribution is -2.44. The zero-order valence-electron chi connectivity index (χ0n) is 32.3. The summed E-state index contributed by atoms with van der Waals surface area (Å²) in [5, 5.41) is 8.75. The molecule has 4 N–H and O–H groups in total. The van der Waals surface area contributed by atoms with E-state index in [9.17, 15) is 24.0 Å². The first-order valence-corrected chi connectivity index (χ1v) is 18.7. The Labute approximate surface area is 329 Å². The van der Waals surface area contributed by atoms with Crippen LogP contribution in [0.3, 0.4) is 0 Å². The molecule has 1 aromatic carbocycles. The number of carbonyl (C=O) groups is 5. The zero-order chi connectivity index (χ0) is 40.6. The lowest BCUT2D eigenvalue weighted by molar-refractivity contribution is -0.130. The Bertz CT molecular complexity index is 1940. The fourth-order valence-corrected chi connectivity index (χ4v) is 6.29. The average molecular weight is 798 g/mol. The van der Waals surface area contributed by atoms with Gasteiger partial charge in [0, 0.05) is 36.5 Å². The third-order valence-corrected chi connectivity index (χ3v) is 8.76. The van der Waals surface area contributed by atoms with E-state index in [0.717, 1.165) is 13.0 Å². The number of rotatable bonds is 10. The van der Waals surface area contributed by atoms with Gasteiger partial charge in [0.25, 0.3) is 5.91 Å². The smallest absolute Gasteiger partial charge is 0.437 e. The number of pyridine rings is 1.